The average molecular weight is 589 g/mol. The Labute approximate surface area is 225 Å². The Hall–Kier alpha value is -2.38. The molecule has 0 aliphatic rings. The molecule has 0 aliphatic heterocycles. The zero-order chi connectivity index (χ0) is 29.2. The van der Waals surface area contributed by atoms with Crippen molar-refractivity contribution in [2.24, 2.45) is 9.54 Å². The van der Waals surface area contributed by atoms with Gasteiger partial charge in [-0.15, -0.1) is 0 Å². The third-order valence-corrected chi connectivity index (χ3v) is 6.54. The molecule has 0 spiro atoms. The number of hydrogen-bond acceptors (Lipinski definition) is 3. The second-order valence-corrected chi connectivity index (χ2v) is 13.1. The van der Waals surface area contributed by atoms with E-state index < -0.39 is 50.2 Å². The van der Waals surface area contributed by atoms with Gasteiger partial charge in [-0.1, -0.05) is 31.7 Å². The third-order valence-electron chi connectivity index (χ3n) is 3.99. The lowest BCUT2D eigenvalue weighted by Crippen LogP contribution is -2.27. The summed E-state index contributed by atoms with van der Waals surface area (Å²) in [5, 5.41) is 5.04. The van der Waals surface area contributed by atoms with Crippen molar-refractivity contribution in [3.8, 4) is 0 Å². The molecule has 38 heavy (non-hydrogen) atoms. The first-order valence-corrected chi connectivity index (χ1v) is 12.8. The molecule has 0 saturated carbocycles. The number of rotatable bonds is 3. The van der Waals surface area contributed by atoms with Crippen LogP contribution in [0.3, 0.4) is 0 Å². The molecule has 2 atom stereocenters. The molecule has 216 valence electrons. The minimum absolute atomic E-state index is 0. The summed E-state index contributed by atoms with van der Waals surface area (Å²) in [6, 6.07) is 9.00. The fourth-order valence-electron chi connectivity index (χ4n) is 1.85. The van der Waals surface area contributed by atoms with Crippen molar-refractivity contribution in [1.82, 2.24) is 0 Å². The summed E-state index contributed by atoms with van der Waals surface area (Å²) in [4.78, 5) is 10.1. The van der Waals surface area contributed by atoms with Crippen molar-refractivity contribution >= 4 is 34.5 Å². The molecule has 2 rings (SSSR count). The SMILES string of the molecule is C.CC(C)(C)[S@@](=O)N=Cc1cccc(C(F)(F)F)c1.CC(C)(C)[S@](N)=O.O=Cc1cccc(C(F)(F)F)c1. The van der Waals surface area contributed by atoms with Gasteiger partial charge in [-0.25, -0.2) is 8.42 Å². The minimum atomic E-state index is -4.38. The fourth-order valence-corrected chi connectivity index (χ4v) is 2.38. The maximum absolute atomic E-state index is 12.5. The van der Waals surface area contributed by atoms with Gasteiger partial charge in [0, 0.05) is 11.8 Å². The molecule has 0 heterocycles. The van der Waals surface area contributed by atoms with Gasteiger partial charge in [0.15, 0.2) is 0 Å². The zero-order valence-corrected chi connectivity index (χ0v) is 22.7. The zero-order valence-electron chi connectivity index (χ0n) is 21.1. The first-order chi connectivity index (χ1) is 16.6. The molecule has 2 aromatic rings. The number of halogens is 6. The van der Waals surface area contributed by atoms with E-state index in [9.17, 15) is 39.6 Å². The van der Waals surface area contributed by atoms with E-state index >= 15 is 0 Å². The maximum atomic E-state index is 12.5. The summed E-state index contributed by atoms with van der Waals surface area (Å²) in [5.74, 6) is 0. The van der Waals surface area contributed by atoms with E-state index in [1.807, 2.05) is 20.8 Å². The molecule has 0 bridgehead atoms. The second kappa shape index (κ2) is 15.3. The van der Waals surface area contributed by atoms with E-state index in [1.165, 1.54) is 30.5 Å². The molecule has 0 unspecified atom stereocenters. The topological polar surface area (TPSA) is 89.6 Å². The lowest BCUT2D eigenvalue weighted by Gasteiger charge is -2.12. The molecule has 2 N–H and O–H groups in total. The molecule has 0 aliphatic carbocycles. The summed E-state index contributed by atoms with van der Waals surface area (Å²) < 4.78 is 98.3. The molecule has 5 nitrogen and oxygen atoms in total. The predicted molar refractivity (Wildman–Crippen MR) is 143 cm³/mol. The Morgan fingerprint density at radius 2 is 1.11 bits per heavy atom. The number of nitrogens with zero attached hydrogens (tertiary/aromatic N) is 1. The maximum Gasteiger partial charge on any atom is 0.416 e. The van der Waals surface area contributed by atoms with Crippen LogP contribution in [0.4, 0.5) is 26.3 Å². The first kappa shape index (κ1) is 37.8. The molecular formula is C25H34F6N2O3S2. The average Bonchev–Trinajstić information content (AvgIpc) is 2.76. The highest BCUT2D eigenvalue weighted by Gasteiger charge is 2.31. The van der Waals surface area contributed by atoms with Crippen LogP contribution in [0.25, 0.3) is 0 Å². The second-order valence-electron chi connectivity index (χ2n) is 9.37. The number of carbonyl (C=O) groups is 1. The highest BCUT2D eigenvalue weighted by molar-refractivity contribution is 7.85. The predicted octanol–water partition coefficient (Wildman–Crippen LogP) is 7.15. The van der Waals surface area contributed by atoms with E-state index in [1.54, 1.807) is 20.8 Å². The van der Waals surface area contributed by atoms with Crippen LogP contribution in [0.2, 0.25) is 0 Å². The largest absolute Gasteiger partial charge is 0.416 e. The van der Waals surface area contributed by atoms with Gasteiger partial charge in [-0.05, 0) is 71.4 Å². The summed E-state index contributed by atoms with van der Waals surface area (Å²) in [5.41, 5.74) is -1.23. The molecule has 0 fully saturated rings. The van der Waals surface area contributed by atoms with Crippen LogP contribution in [-0.2, 0) is 34.3 Å². The van der Waals surface area contributed by atoms with E-state index in [0.29, 0.717) is 6.29 Å². The number of alkyl halides is 6. The van der Waals surface area contributed by atoms with Crippen LogP contribution in [0.1, 0.15) is 76.0 Å². The smallest absolute Gasteiger partial charge is 0.298 e. The van der Waals surface area contributed by atoms with Gasteiger partial charge in [0.2, 0.25) is 0 Å². The summed E-state index contributed by atoms with van der Waals surface area (Å²) in [6.45, 7) is 10.7. The van der Waals surface area contributed by atoms with Crippen LogP contribution in [-0.4, -0.2) is 30.4 Å². The molecule has 13 heteroatoms. The van der Waals surface area contributed by atoms with E-state index in [4.69, 9.17) is 5.14 Å². The van der Waals surface area contributed by atoms with Crippen LogP contribution < -0.4 is 5.14 Å². The number of hydrogen-bond donors (Lipinski definition) is 1. The fraction of sp³-hybridized carbons (Fsp3) is 0.440. The van der Waals surface area contributed by atoms with Gasteiger partial charge in [0.1, 0.15) is 17.3 Å². The van der Waals surface area contributed by atoms with Gasteiger partial charge in [-0.3, -0.25) is 9.93 Å². The molecule has 0 saturated heterocycles. The van der Waals surface area contributed by atoms with Crippen LogP contribution in [0.15, 0.2) is 52.9 Å². The summed E-state index contributed by atoms with van der Waals surface area (Å²) in [6.07, 6.45) is -7.17. The lowest BCUT2D eigenvalue weighted by molar-refractivity contribution is -0.138. The lowest BCUT2D eigenvalue weighted by atomic mass is 10.1. The van der Waals surface area contributed by atoms with Crippen LogP contribution in [0, 0.1) is 0 Å². The monoisotopic (exact) mass is 588 g/mol. The number of aldehydes is 1. The molecule has 0 amide bonds. The molecule has 2 aromatic carbocycles. The van der Waals surface area contributed by atoms with Gasteiger partial charge in [0.25, 0.3) is 0 Å². The Morgan fingerprint density at radius 3 is 1.42 bits per heavy atom. The summed E-state index contributed by atoms with van der Waals surface area (Å²) in [7, 11) is -2.66. The van der Waals surface area contributed by atoms with Crippen molar-refractivity contribution in [3.05, 3.63) is 70.8 Å². The number of benzene rings is 2. The normalized spacial score (nSPS) is 13.7. The van der Waals surface area contributed by atoms with Crippen LogP contribution >= 0.6 is 0 Å². The van der Waals surface area contributed by atoms with Gasteiger partial charge in [0.05, 0.1) is 31.6 Å². The van der Waals surface area contributed by atoms with Gasteiger partial charge in [-0.2, -0.15) is 30.7 Å². The molecule has 0 radical (unpaired) electrons. The quantitative estimate of drug-likeness (QED) is 0.235. The van der Waals surface area contributed by atoms with E-state index in [-0.39, 0.29) is 23.3 Å². The van der Waals surface area contributed by atoms with Crippen molar-refractivity contribution in [2.75, 3.05) is 0 Å². The van der Waals surface area contributed by atoms with Crippen molar-refractivity contribution < 1.29 is 39.6 Å². The van der Waals surface area contributed by atoms with Gasteiger partial charge >= 0.3 is 12.4 Å². The highest BCUT2D eigenvalue weighted by atomic mass is 32.2. The Bertz CT molecular complexity index is 1100. The van der Waals surface area contributed by atoms with Crippen molar-refractivity contribution in [1.29, 1.82) is 0 Å². The number of carbonyl (C=O) groups excluding carboxylic acids is 1. The molecule has 0 aromatic heterocycles. The van der Waals surface area contributed by atoms with Gasteiger partial charge < -0.3 is 0 Å². The van der Waals surface area contributed by atoms with Crippen molar-refractivity contribution in [2.45, 2.75) is 70.8 Å². The van der Waals surface area contributed by atoms with Crippen LogP contribution in [0.5, 0.6) is 0 Å². The minimum Gasteiger partial charge on any atom is -0.298 e. The standard InChI is InChI=1S/C12H14F3NOS.C8H5F3O.C4H11NOS.CH4/c1-11(2,3)18(17)16-8-9-5-4-6-10(7-9)12(13,14)15;9-8(10,11)7-3-1-2-6(4-7)5-12;1-4(2,3)7(5)6;/h4-8H,1-3H3;1-5H;5H2,1-3H3;1H4/t18-;;7-;/m1.1./s1. The Morgan fingerprint density at radius 1 is 0.737 bits per heavy atom. The van der Waals surface area contributed by atoms with Crippen molar-refractivity contribution in [3.63, 3.8) is 0 Å². The third kappa shape index (κ3) is 15.1. The molecular weight excluding hydrogens is 554 g/mol. The Balaban J connectivity index is 0. The highest BCUT2D eigenvalue weighted by Crippen LogP contribution is 2.30. The Kier molecular flexibility index (Phi) is 15.2. The summed E-state index contributed by atoms with van der Waals surface area (Å²) >= 11 is 0. The van der Waals surface area contributed by atoms with E-state index in [2.05, 4.69) is 4.40 Å². The first-order valence-electron chi connectivity index (χ1n) is 10.5. The number of nitrogens with two attached hydrogens (primary N) is 1. The van der Waals surface area contributed by atoms with E-state index in [0.717, 1.165) is 24.3 Å².